The first kappa shape index (κ1) is 21.5. The summed E-state index contributed by atoms with van der Waals surface area (Å²) >= 11 is 1.41. The van der Waals surface area contributed by atoms with Crippen molar-refractivity contribution in [3.63, 3.8) is 0 Å². The molecule has 0 unspecified atom stereocenters. The van der Waals surface area contributed by atoms with Crippen molar-refractivity contribution in [3.05, 3.63) is 47.3 Å². The zero-order valence-corrected chi connectivity index (χ0v) is 16.8. The number of aromatic nitrogens is 1. The van der Waals surface area contributed by atoms with Crippen LogP contribution in [0.5, 0.6) is 0 Å². The molecule has 28 heavy (non-hydrogen) atoms. The summed E-state index contributed by atoms with van der Waals surface area (Å²) < 4.78 is 10.1. The number of imide groups is 1. The third-order valence-corrected chi connectivity index (χ3v) is 4.84. The number of hydrogen-bond acceptors (Lipinski definition) is 7. The van der Waals surface area contributed by atoms with Crippen LogP contribution < -0.4 is 10.6 Å². The van der Waals surface area contributed by atoms with E-state index in [1.165, 1.54) is 11.8 Å². The lowest BCUT2D eigenvalue weighted by atomic mass is 10.2. The first-order valence-electron chi connectivity index (χ1n) is 8.80. The molecule has 1 aromatic carbocycles. The fraction of sp³-hybridized carbons (Fsp3) is 0.368. The number of rotatable bonds is 8. The molecule has 2 aromatic rings. The number of carbonyl (C=O) groups is 3. The van der Waals surface area contributed by atoms with Gasteiger partial charge in [0, 0.05) is 22.8 Å². The second-order valence-electron chi connectivity index (χ2n) is 6.12. The number of carbonyl (C=O) groups excluding carboxylic acids is 3. The van der Waals surface area contributed by atoms with E-state index in [0.29, 0.717) is 22.0 Å². The summed E-state index contributed by atoms with van der Waals surface area (Å²) in [6.45, 7) is 4.99. The normalized spacial score (nSPS) is 11.5. The topological polar surface area (TPSA) is 111 Å². The quantitative estimate of drug-likeness (QED) is 0.513. The van der Waals surface area contributed by atoms with Crippen molar-refractivity contribution in [1.29, 1.82) is 0 Å². The highest BCUT2D eigenvalue weighted by Crippen LogP contribution is 2.26. The summed E-state index contributed by atoms with van der Waals surface area (Å²) in [4.78, 5) is 36.4. The third-order valence-electron chi connectivity index (χ3n) is 3.74. The maximum Gasteiger partial charge on any atom is 0.339 e. The van der Waals surface area contributed by atoms with Crippen LogP contribution in [0, 0.1) is 6.92 Å². The Kier molecular flexibility index (Phi) is 8.06. The molecule has 8 nitrogen and oxygen atoms in total. The van der Waals surface area contributed by atoms with E-state index in [9.17, 15) is 14.4 Å². The van der Waals surface area contributed by atoms with Gasteiger partial charge < -0.3 is 14.6 Å². The van der Waals surface area contributed by atoms with Crippen molar-refractivity contribution >= 4 is 29.7 Å². The molecular formula is C19H23N3O5S. The number of aryl methyl sites for hydroxylation is 1. The molecule has 0 bridgehead atoms. The van der Waals surface area contributed by atoms with Crippen molar-refractivity contribution < 1.29 is 23.6 Å². The van der Waals surface area contributed by atoms with Gasteiger partial charge in [-0.1, -0.05) is 24.2 Å². The van der Waals surface area contributed by atoms with Gasteiger partial charge in [0.15, 0.2) is 6.61 Å². The molecule has 0 fully saturated rings. The second kappa shape index (κ2) is 10.5. The van der Waals surface area contributed by atoms with Crippen LogP contribution in [-0.2, 0) is 15.3 Å². The van der Waals surface area contributed by atoms with Gasteiger partial charge >= 0.3 is 12.0 Å². The molecule has 0 spiro atoms. The van der Waals surface area contributed by atoms with Crippen LogP contribution in [0.1, 0.15) is 42.1 Å². The first-order chi connectivity index (χ1) is 13.4. The van der Waals surface area contributed by atoms with E-state index in [4.69, 9.17) is 9.26 Å². The molecule has 1 heterocycles. The number of benzene rings is 1. The van der Waals surface area contributed by atoms with Crippen molar-refractivity contribution in [2.45, 2.75) is 43.9 Å². The van der Waals surface area contributed by atoms with Gasteiger partial charge in [0.25, 0.3) is 5.91 Å². The molecule has 0 radical (unpaired) electrons. The van der Waals surface area contributed by atoms with E-state index in [2.05, 4.69) is 15.8 Å². The summed E-state index contributed by atoms with van der Waals surface area (Å²) in [5.74, 6) is -0.0984. The van der Waals surface area contributed by atoms with Crippen LogP contribution in [0.25, 0.3) is 0 Å². The zero-order valence-electron chi connectivity index (χ0n) is 16.0. The minimum Gasteiger partial charge on any atom is -0.452 e. The molecular weight excluding hydrogens is 382 g/mol. The van der Waals surface area contributed by atoms with E-state index >= 15 is 0 Å². The number of thioether (sulfide) groups is 1. The fourth-order valence-electron chi connectivity index (χ4n) is 2.13. The molecule has 150 valence electrons. The molecule has 2 N–H and O–H groups in total. The van der Waals surface area contributed by atoms with Crippen LogP contribution in [-0.4, -0.2) is 35.7 Å². The van der Waals surface area contributed by atoms with Gasteiger partial charge in [-0.25, -0.2) is 9.59 Å². The molecule has 0 aliphatic rings. The van der Waals surface area contributed by atoms with Crippen LogP contribution >= 0.6 is 11.8 Å². The summed E-state index contributed by atoms with van der Waals surface area (Å²) in [5, 5.41) is 8.64. The Morgan fingerprint density at radius 1 is 1.29 bits per heavy atom. The molecule has 2 rings (SSSR count). The average Bonchev–Trinajstić information content (AvgIpc) is 3.09. The highest BCUT2D eigenvalue weighted by atomic mass is 32.2. The Bertz CT molecular complexity index is 836. The van der Waals surface area contributed by atoms with Gasteiger partial charge in [0.05, 0.1) is 11.3 Å². The number of nitrogens with one attached hydrogen (secondary N) is 2. The predicted octanol–water partition coefficient (Wildman–Crippen LogP) is 3.06. The number of nitrogens with zero attached hydrogens (tertiary/aromatic N) is 1. The maximum absolute atomic E-state index is 12.3. The third kappa shape index (κ3) is 6.73. The lowest BCUT2D eigenvalue weighted by molar-refractivity contribution is -0.123. The highest BCUT2D eigenvalue weighted by molar-refractivity contribution is 7.98. The molecule has 9 heteroatoms. The number of amides is 3. The Labute approximate surface area is 167 Å². The van der Waals surface area contributed by atoms with Crippen LogP contribution in [0.2, 0.25) is 0 Å². The number of esters is 1. The predicted molar refractivity (Wildman–Crippen MR) is 104 cm³/mol. The zero-order chi connectivity index (χ0) is 20.5. The van der Waals surface area contributed by atoms with E-state index in [1.807, 2.05) is 19.9 Å². The van der Waals surface area contributed by atoms with Crippen LogP contribution in [0.3, 0.4) is 0 Å². The van der Waals surface area contributed by atoms with E-state index in [-0.39, 0.29) is 6.04 Å². The Morgan fingerprint density at radius 3 is 2.71 bits per heavy atom. The summed E-state index contributed by atoms with van der Waals surface area (Å²) in [7, 11) is 0. The van der Waals surface area contributed by atoms with Crippen LogP contribution in [0.4, 0.5) is 4.79 Å². The van der Waals surface area contributed by atoms with Gasteiger partial charge in [0.1, 0.15) is 5.76 Å². The lowest BCUT2D eigenvalue weighted by Gasteiger charge is -2.12. The van der Waals surface area contributed by atoms with E-state index < -0.39 is 24.5 Å². The number of ether oxygens (including phenoxy) is 1. The van der Waals surface area contributed by atoms with Crippen molar-refractivity contribution in [3.8, 4) is 0 Å². The molecule has 0 aliphatic heterocycles. The summed E-state index contributed by atoms with van der Waals surface area (Å²) in [5.41, 5.74) is 1.10. The Morgan fingerprint density at radius 2 is 2.04 bits per heavy atom. The molecule has 0 aliphatic carbocycles. The number of hydrogen-bond donors (Lipinski definition) is 2. The van der Waals surface area contributed by atoms with Crippen LogP contribution in [0.15, 0.2) is 39.8 Å². The average molecular weight is 405 g/mol. The Hall–Kier alpha value is -2.81. The highest BCUT2D eigenvalue weighted by Gasteiger charge is 2.16. The smallest absolute Gasteiger partial charge is 0.339 e. The lowest BCUT2D eigenvalue weighted by Crippen LogP contribution is -2.44. The number of urea groups is 1. The first-order valence-corrected chi connectivity index (χ1v) is 9.79. The summed E-state index contributed by atoms with van der Waals surface area (Å²) in [6.07, 6.45) is 0.735. The molecule has 3 amide bonds. The minimum absolute atomic E-state index is 0.0623. The minimum atomic E-state index is -0.697. The summed E-state index contributed by atoms with van der Waals surface area (Å²) in [6, 6.07) is 8.06. The molecule has 0 saturated heterocycles. The molecule has 1 atom stereocenters. The van der Waals surface area contributed by atoms with E-state index in [1.54, 1.807) is 31.2 Å². The largest absolute Gasteiger partial charge is 0.452 e. The van der Waals surface area contributed by atoms with Gasteiger partial charge in [-0.05, 0) is 32.4 Å². The van der Waals surface area contributed by atoms with Gasteiger partial charge in [-0.15, -0.1) is 11.8 Å². The SMILES string of the molecule is CC[C@H](C)NC(=O)NC(=O)COC(=O)c1ccccc1SCc1cc(C)on1. The van der Waals surface area contributed by atoms with Gasteiger partial charge in [-0.3, -0.25) is 10.1 Å². The van der Waals surface area contributed by atoms with Gasteiger partial charge in [0.2, 0.25) is 0 Å². The monoisotopic (exact) mass is 405 g/mol. The second-order valence-corrected chi connectivity index (χ2v) is 7.14. The Balaban J connectivity index is 1.88. The van der Waals surface area contributed by atoms with Crippen molar-refractivity contribution in [2.24, 2.45) is 0 Å². The van der Waals surface area contributed by atoms with E-state index in [0.717, 1.165) is 12.1 Å². The van der Waals surface area contributed by atoms with Crippen molar-refractivity contribution in [2.75, 3.05) is 6.61 Å². The maximum atomic E-state index is 12.3. The molecule has 0 saturated carbocycles. The standard InChI is InChI=1S/C19H23N3O5S/c1-4-12(2)20-19(25)21-17(23)10-26-18(24)15-7-5-6-8-16(15)28-11-14-9-13(3)27-22-14/h5-9,12H,4,10-11H2,1-3H3,(H2,20,21,23,25)/t12-/m0/s1. The van der Waals surface area contributed by atoms with Crippen molar-refractivity contribution in [1.82, 2.24) is 15.8 Å². The molecule has 1 aromatic heterocycles. The van der Waals surface area contributed by atoms with Gasteiger partial charge in [-0.2, -0.15) is 0 Å². The fourth-order valence-corrected chi connectivity index (χ4v) is 3.05.